The summed E-state index contributed by atoms with van der Waals surface area (Å²) >= 11 is 0. The highest BCUT2D eigenvalue weighted by molar-refractivity contribution is 5.79. The number of nitrogens with zero attached hydrogens (tertiary/aromatic N) is 8. The van der Waals surface area contributed by atoms with Crippen molar-refractivity contribution in [1.29, 1.82) is 0 Å². The lowest BCUT2D eigenvalue weighted by Gasteiger charge is -2.37. The molecule has 0 aliphatic carbocycles. The predicted molar refractivity (Wildman–Crippen MR) is 149 cm³/mol. The van der Waals surface area contributed by atoms with E-state index in [2.05, 4.69) is 15.1 Å². The van der Waals surface area contributed by atoms with Crippen molar-refractivity contribution in [3.05, 3.63) is 58.8 Å². The Morgan fingerprint density at radius 3 is 2.45 bits per heavy atom. The Bertz CT molecular complexity index is 1480. The third-order valence-electron chi connectivity index (χ3n) is 8.25. The highest BCUT2D eigenvalue weighted by atomic mass is 19.1. The molecule has 5 heterocycles. The minimum Gasteiger partial charge on any atom is -0.381 e. The number of benzene rings is 1. The molecular weight excluding hydrogens is 549 g/mol. The molecule has 3 aliphatic heterocycles. The van der Waals surface area contributed by atoms with Crippen LogP contribution in [0.3, 0.4) is 0 Å². The van der Waals surface area contributed by atoms with E-state index >= 15 is 4.39 Å². The summed E-state index contributed by atoms with van der Waals surface area (Å²) in [6.07, 6.45) is 5.08. The van der Waals surface area contributed by atoms with Crippen molar-refractivity contribution in [2.45, 2.75) is 45.7 Å². The van der Waals surface area contributed by atoms with E-state index in [0.29, 0.717) is 61.3 Å². The van der Waals surface area contributed by atoms with E-state index in [1.165, 1.54) is 23.3 Å². The molecule has 6 rings (SSSR count). The number of aryl methyl sites for hydroxylation is 1. The molecule has 10 nitrogen and oxygen atoms in total. The van der Waals surface area contributed by atoms with Crippen molar-refractivity contribution in [2.75, 3.05) is 44.3 Å². The van der Waals surface area contributed by atoms with Crippen molar-refractivity contribution in [1.82, 2.24) is 29.7 Å². The van der Waals surface area contributed by atoms with Gasteiger partial charge in [-0.3, -0.25) is 4.68 Å². The first-order valence-corrected chi connectivity index (χ1v) is 14.2. The number of amides is 2. The number of anilines is 1. The van der Waals surface area contributed by atoms with Crippen LogP contribution < -0.4 is 4.90 Å². The molecule has 0 radical (unpaired) electrons. The molecule has 3 aliphatic rings. The summed E-state index contributed by atoms with van der Waals surface area (Å²) in [7, 11) is 0. The van der Waals surface area contributed by atoms with E-state index in [9.17, 15) is 13.6 Å². The van der Waals surface area contributed by atoms with Crippen molar-refractivity contribution in [2.24, 2.45) is 11.0 Å². The number of aromatic nitrogens is 4. The Kier molecular flexibility index (Phi) is 7.84. The molecule has 222 valence electrons. The Morgan fingerprint density at radius 2 is 1.74 bits per heavy atom. The van der Waals surface area contributed by atoms with Crippen molar-refractivity contribution >= 4 is 18.2 Å². The molecule has 2 saturated heterocycles. The van der Waals surface area contributed by atoms with Gasteiger partial charge in [0.15, 0.2) is 5.82 Å². The average molecular weight is 583 g/mol. The number of hydrazone groups is 1. The number of carbonyl (C=O) groups is 1. The molecule has 2 fully saturated rings. The Labute approximate surface area is 241 Å². The van der Waals surface area contributed by atoms with Gasteiger partial charge in [-0.15, -0.1) is 0 Å². The molecule has 1 atom stereocenters. The molecule has 0 spiro atoms. The van der Waals surface area contributed by atoms with E-state index < -0.39 is 23.5 Å². The molecule has 0 unspecified atom stereocenters. The number of rotatable bonds is 5. The van der Waals surface area contributed by atoms with Crippen LogP contribution in [0.2, 0.25) is 0 Å². The molecule has 0 bridgehead atoms. The fourth-order valence-electron chi connectivity index (χ4n) is 5.96. The molecular formula is C29H33F3N8O2. The number of urea groups is 1. The Morgan fingerprint density at radius 1 is 1.02 bits per heavy atom. The van der Waals surface area contributed by atoms with Crippen LogP contribution in [0.5, 0.6) is 0 Å². The standard InChI is InChI=1S/C29H33F3N8O2/c1-18-26(19(2)39(36-18)17-20-4-11-42-12-5-20)27-24(32)16-33-28(35-27)37-7-9-38(10-8-37)29(41)40-25(3-6-34-40)21-13-22(30)15-23(31)14-21/h6,13-16,20,25H,3-5,7-12,17H2,1-2H3/t25-/m0/s1. The number of piperazine rings is 1. The smallest absolute Gasteiger partial charge is 0.341 e. The lowest BCUT2D eigenvalue weighted by molar-refractivity contribution is 0.0599. The fourth-order valence-corrected chi connectivity index (χ4v) is 5.96. The number of ether oxygens (including phenoxy) is 1. The van der Waals surface area contributed by atoms with Gasteiger partial charge >= 0.3 is 6.03 Å². The lowest BCUT2D eigenvalue weighted by atomic mass is 10.0. The molecule has 2 aromatic heterocycles. The van der Waals surface area contributed by atoms with E-state index in [1.807, 2.05) is 23.4 Å². The maximum Gasteiger partial charge on any atom is 0.341 e. The number of carbonyl (C=O) groups excluding carboxylic acids is 1. The highest BCUT2D eigenvalue weighted by Gasteiger charge is 2.34. The van der Waals surface area contributed by atoms with Gasteiger partial charge in [0.05, 0.1) is 17.9 Å². The van der Waals surface area contributed by atoms with Crippen LogP contribution in [-0.2, 0) is 11.3 Å². The second kappa shape index (κ2) is 11.7. The Hall–Kier alpha value is -4.00. The van der Waals surface area contributed by atoms with Crippen LogP contribution >= 0.6 is 0 Å². The first kappa shape index (κ1) is 28.1. The molecule has 42 heavy (non-hydrogen) atoms. The SMILES string of the molecule is Cc1nn(CC2CCOCC2)c(C)c1-c1nc(N2CCN(C(=O)N3N=CC[C@H]3c3cc(F)cc(F)c3)CC2)ncc1F. The molecule has 3 aromatic rings. The number of hydrogen-bond acceptors (Lipinski definition) is 7. The third kappa shape index (κ3) is 5.57. The molecule has 1 aromatic carbocycles. The van der Waals surface area contributed by atoms with Gasteiger partial charge in [-0.1, -0.05) is 0 Å². The summed E-state index contributed by atoms with van der Waals surface area (Å²) in [5.74, 6) is -1.08. The van der Waals surface area contributed by atoms with Crippen molar-refractivity contribution in [3.63, 3.8) is 0 Å². The molecule has 13 heteroatoms. The summed E-state index contributed by atoms with van der Waals surface area (Å²) in [5.41, 5.74) is 2.80. The van der Waals surface area contributed by atoms with Crippen LogP contribution in [0.4, 0.5) is 23.9 Å². The van der Waals surface area contributed by atoms with Gasteiger partial charge in [0.1, 0.15) is 17.3 Å². The first-order chi connectivity index (χ1) is 20.3. The second-order valence-corrected chi connectivity index (χ2v) is 11.0. The van der Waals surface area contributed by atoms with Crippen LogP contribution in [-0.4, -0.2) is 81.3 Å². The van der Waals surface area contributed by atoms with Crippen molar-refractivity contribution in [3.8, 4) is 11.3 Å². The normalized spacial score (nSPS) is 19.6. The zero-order valence-corrected chi connectivity index (χ0v) is 23.6. The minimum absolute atomic E-state index is 0.211. The van der Waals surface area contributed by atoms with E-state index in [0.717, 1.165) is 44.4 Å². The lowest BCUT2D eigenvalue weighted by Crippen LogP contribution is -2.52. The summed E-state index contributed by atoms with van der Waals surface area (Å²) in [6.45, 7) is 7.60. The Balaban J connectivity index is 1.14. The van der Waals surface area contributed by atoms with E-state index in [-0.39, 0.29) is 11.7 Å². The minimum atomic E-state index is -0.700. The molecule has 0 N–H and O–H groups in total. The average Bonchev–Trinajstić information content (AvgIpc) is 3.58. The summed E-state index contributed by atoms with van der Waals surface area (Å²) < 4.78 is 50.2. The largest absolute Gasteiger partial charge is 0.381 e. The zero-order chi connectivity index (χ0) is 29.4. The van der Waals surface area contributed by atoms with Gasteiger partial charge in [0.2, 0.25) is 5.95 Å². The molecule has 2 amide bonds. The maximum atomic E-state index is 15.1. The van der Waals surface area contributed by atoms with Crippen LogP contribution in [0, 0.1) is 37.2 Å². The van der Waals surface area contributed by atoms with Crippen LogP contribution in [0.25, 0.3) is 11.3 Å². The van der Waals surface area contributed by atoms with Gasteiger partial charge in [-0.05, 0) is 50.3 Å². The maximum absolute atomic E-state index is 15.1. The molecule has 0 saturated carbocycles. The van der Waals surface area contributed by atoms with Gasteiger partial charge in [0.25, 0.3) is 0 Å². The highest BCUT2D eigenvalue weighted by Crippen LogP contribution is 2.32. The van der Waals surface area contributed by atoms with E-state index in [1.54, 1.807) is 11.1 Å². The third-order valence-corrected chi connectivity index (χ3v) is 8.25. The topological polar surface area (TPSA) is 92.0 Å². The monoisotopic (exact) mass is 582 g/mol. The van der Waals surface area contributed by atoms with E-state index in [4.69, 9.17) is 9.84 Å². The van der Waals surface area contributed by atoms with Crippen molar-refractivity contribution < 1.29 is 22.7 Å². The van der Waals surface area contributed by atoms with Gasteiger partial charge in [-0.2, -0.15) is 10.2 Å². The number of halogens is 3. The summed E-state index contributed by atoms with van der Waals surface area (Å²) in [6, 6.07) is 2.32. The number of hydrogen-bond donors (Lipinski definition) is 0. The predicted octanol–water partition coefficient (Wildman–Crippen LogP) is 4.48. The van der Waals surface area contributed by atoms with Crippen LogP contribution in [0.15, 0.2) is 29.5 Å². The summed E-state index contributed by atoms with van der Waals surface area (Å²) in [5, 5.41) is 10.2. The summed E-state index contributed by atoms with van der Waals surface area (Å²) in [4.78, 5) is 25.8. The van der Waals surface area contributed by atoms with Crippen LogP contribution in [0.1, 0.15) is 42.3 Å². The van der Waals surface area contributed by atoms with Gasteiger partial charge < -0.3 is 14.5 Å². The van der Waals surface area contributed by atoms with Gasteiger partial charge in [0, 0.05) is 75.9 Å². The quantitative estimate of drug-likeness (QED) is 0.441. The fraction of sp³-hybridized carbons (Fsp3) is 0.483. The first-order valence-electron chi connectivity index (χ1n) is 14.2. The second-order valence-electron chi connectivity index (χ2n) is 11.0. The zero-order valence-electron chi connectivity index (χ0n) is 23.6. The van der Waals surface area contributed by atoms with Gasteiger partial charge in [-0.25, -0.2) is 32.9 Å².